The lowest BCUT2D eigenvalue weighted by Gasteiger charge is -2.42. The van der Waals surface area contributed by atoms with Gasteiger partial charge in [-0.2, -0.15) is 0 Å². The number of aromatic nitrogens is 1. The highest BCUT2D eigenvalue weighted by Gasteiger charge is 2.37. The number of carboxylic acid groups (broad SMARTS) is 1. The molecule has 1 aliphatic heterocycles. The smallest absolute Gasteiger partial charge is 0.306 e. The molecule has 0 radical (unpaired) electrons. The highest BCUT2D eigenvalue weighted by Crippen LogP contribution is 2.24. The van der Waals surface area contributed by atoms with E-state index in [4.69, 9.17) is 9.84 Å². The fraction of sp³-hybridized carbons (Fsp3) is 0.500. The van der Waals surface area contributed by atoms with Gasteiger partial charge in [0.05, 0.1) is 18.1 Å². The Bertz CT molecular complexity index is 562. The van der Waals surface area contributed by atoms with Crippen molar-refractivity contribution in [1.29, 1.82) is 0 Å². The Morgan fingerprint density at radius 1 is 1.57 bits per heavy atom. The van der Waals surface area contributed by atoms with E-state index in [1.165, 1.54) is 23.2 Å². The number of carbonyl (C=O) groups is 2. The summed E-state index contributed by atoms with van der Waals surface area (Å²) in [7, 11) is 0. The zero-order valence-electron chi connectivity index (χ0n) is 11.9. The Morgan fingerprint density at radius 2 is 2.29 bits per heavy atom. The number of hydrogen-bond donors (Lipinski definition) is 1. The minimum absolute atomic E-state index is 0.102. The van der Waals surface area contributed by atoms with E-state index in [-0.39, 0.29) is 25.2 Å². The van der Waals surface area contributed by atoms with Crippen molar-refractivity contribution in [3.63, 3.8) is 0 Å². The minimum Gasteiger partial charge on any atom is -0.481 e. The van der Waals surface area contributed by atoms with Gasteiger partial charge in [-0.05, 0) is 26.0 Å². The van der Waals surface area contributed by atoms with Gasteiger partial charge >= 0.3 is 5.97 Å². The third-order valence-electron chi connectivity index (χ3n) is 3.13. The van der Waals surface area contributed by atoms with Crippen LogP contribution in [-0.4, -0.2) is 51.7 Å². The molecule has 114 valence electrons. The van der Waals surface area contributed by atoms with Crippen LogP contribution in [0.2, 0.25) is 0 Å². The Kier molecular flexibility index (Phi) is 4.22. The summed E-state index contributed by atoms with van der Waals surface area (Å²) in [6.07, 6.45) is 0.510. The normalized spacial score (nSPS) is 21.1. The van der Waals surface area contributed by atoms with Crippen LogP contribution >= 0.6 is 0 Å². The van der Waals surface area contributed by atoms with Gasteiger partial charge in [0, 0.05) is 19.3 Å². The average Bonchev–Trinajstić information content (AvgIpc) is 2.35. The van der Waals surface area contributed by atoms with Gasteiger partial charge in [-0.15, -0.1) is 0 Å². The number of morpholine rings is 1. The molecule has 0 aliphatic carbocycles. The molecule has 1 aromatic heterocycles. The topological polar surface area (TPSA) is 79.7 Å². The second kappa shape index (κ2) is 5.77. The second-order valence-corrected chi connectivity index (χ2v) is 5.62. The number of amides is 1. The Balaban J connectivity index is 2.20. The maximum atomic E-state index is 13.7. The van der Waals surface area contributed by atoms with Crippen LogP contribution in [0.1, 0.15) is 30.8 Å². The quantitative estimate of drug-likeness (QED) is 0.910. The van der Waals surface area contributed by atoms with Crippen molar-refractivity contribution in [2.45, 2.75) is 32.0 Å². The molecule has 0 bridgehead atoms. The summed E-state index contributed by atoms with van der Waals surface area (Å²) < 4.78 is 19.3. The molecule has 0 aromatic carbocycles. The zero-order chi connectivity index (χ0) is 15.6. The number of halogens is 1. The molecule has 1 amide bonds. The number of aliphatic carboxylic acids is 1. The number of nitrogens with zero attached hydrogens (tertiary/aromatic N) is 2. The van der Waals surface area contributed by atoms with Crippen LogP contribution in [-0.2, 0) is 9.53 Å². The van der Waals surface area contributed by atoms with E-state index < -0.39 is 29.4 Å². The fourth-order valence-electron chi connectivity index (χ4n) is 2.44. The summed E-state index contributed by atoms with van der Waals surface area (Å²) in [5.74, 6) is -2.25. The summed E-state index contributed by atoms with van der Waals surface area (Å²) >= 11 is 0. The molecule has 1 aliphatic rings. The van der Waals surface area contributed by atoms with Gasteiger partial charge in [0.1, 0.15) is 0 Å². The molecule has 1 unspecified atom stereocenters. The van der Waals surface area contributed by atoms with Crippen LogP contribution < -0.4 is 0 Å². The largest absolute Gasteiger partial charge is 0.481 e. The van der Waals surface area contributed by atoms with Crippen molar-refractivity contribution in [3.05, 3.63) is 29.8 Å². The van der Waals surface area contributed by atoms with Crippen LogP contribution in [0.15, 0.2) is 18.3 Å². The minimum atomic E-state index is -1.01. The number of ether oxygens (including phenoxy) is 1. The molecule has 2 rings (SSSR count). The summed E-state index contributed by atoms with van der Waals surface area (Å²) in [6.45, 7) is 3.87. The number of carboxylic acids is 1. The molecule has 1 saturated heterocycles. The van der Waals surface area contributed by atoms with E-state index in [0.29, 0.717) is 0 Å². The molecular weight excluding hydrogens is 279 g/mol. The maximum absolute atomic E-state index is 13.7. The Morgan fingerprint density at radius 3 is 2.90 bits per heavy atom. The molecule has 1 aromatic rings. The van der Waals surface area contributed by atoms with Gasteiger partial charge in [0.15, 0.2) is 11.5 Å². The van der Waals surface area contributed by atoms with Gasteiger partial charge in [-0.3, -0.25) is 9.59 Å². The lowest BCUT2D eigenvalue weighted by molar-refractivity contribution is -0.154. The third-order valence-corrected chi connectivity index (χ3v) is 3.13. The first-order chi connectivity index (χ1) is 9.78. The van der Waals surface area contributed by atoms with E-state index in [1.54, 1.807) is 13.8 Å². The van der Waals surface area contributed by atoms with Gasteiger partial charge in [0.25, 0.3) is 5.91 Å². The Hall–Kier alpha value is -2.02. The fourth-order valence-corrected chi connectivity index (χ4v) is 2.44. The number of rotatable bonds is 3. The third kappa shape index (κ3) is 3.75. The first kappa shape index (κ1) is 15.4. The molecular formula is C14H17FN2O4. The highest BCUT2D eigenvalue weighted by atomic mass is 19.1. The van der Waals surface area contributed by atoms with Crippen LogP contribution in [0.4, 0.5) is 4.39 Å². The molecule has 7 heteroatoms. The van der Waals surface area contributed by atoms with Crippen molar-refractivity contribution in [2.24, 2.45) is 0 Å². The van der Waals surface area contributed by atoms with Gasteiger partial charge in [-0.25, -0.2) is 9.37 Å². The Labute approximate surface area is 121 Å². The van der Waals surface area contributed by atoms with E-state index in [0.717, 1.165) is 0 Å². The first-order valence-electron chi connectivity index (χ1n) is 6.58. The average molecular weight is 296 g/mol. The summed E-state index contributed by atoms with van der Waals surface area (Å²) in [4.78, 5) is 28.3. The van der Waals surface area contributed by atoms with Gasteiger partial charge in [0.2, 0.25) is 0 Å². The lowest BCUT2D eigenvalue weighted by Crippen LogP contribution is -2.55. The monoisotopic (exact) mass is 296 g/mol. The lowest BCUT2D eigenvalue weighted by atomic mass is 10.0. The van der Waals surface area contributed by atoms with Gasteiger partial charge in [-0.1, -0.05) is 0 Å². The predicted molar refractivity (Wildman–Crippen MR) is 71.3 cm³/mol. The summed E-state index contributed by atoms with van der Waals surface area (Å²) in [5.41, 5.74) is -0.955. The molecule has 0 spiro atoms. The summed E-state index contributed by atoms with van der Waals surface area (Å²) in [6, 6.07) is 2.57. The maximum Gasteiger partial charge on any atom is 0.306 e. The molecule has 1 atom stereocenters. The number of carbonyl (C=O) groups excluding carboxylic acids is 1. The van der Waals surface area contributed by atoms with E-state index in [2.05, 4.69) is 4.98 Å². The molecule has 1 N–H and O–H groups in total. The number of pyridine rings is 1. The molecule has 2 heterocycles. The molecule has 6 nitrogen and oxygen atoms in total. The molecule has 0 saturated carbocycles. The highest BCUT2D eigenvalue weighted by molar-refractivity contribution is 5.92. The SMILES string of the molecule is CC1(C)CN(C(=O)c2ncccc2F)CC(CC(=O)O)O1. The molecule has 1 fully saturated rings. The van der Waals surface area contributed by atoms with E-state index in [1.807, 2.05) is 0 Å². The van der Waals surface area contributed by atoms with Crippen molar-refractivity contribution >= 4 is 11.9 Å². The van der Waals surface area contributed by atoms with Crippen LogP contribution in [0, 0.1) is 5.82 Å². The standard InChI is InChI=1S/C14H17FN2O4/c1-14(2)8-17(7-9(21-14)6-11(18)19)13(20)12-10(15)4-3-5-16-12/h3-5,9H,6-8H2,1-2H3,(H,18,19). The summed E-state index contributed by atoms with van der Waals surface area (Å²) in [5, 5.41) is 8.87. The molecule has 21 heavy (non-hydrogen) atoms. The van der Waals surface area contributed by atoms with Crippen LogP contribution in [0.3, 0.4) is 0 Å². The van der Waals surface area contributed by atoms with Crippen molar-refractivity contribution < 1.29 is 23.8 Å². The van der Waals surface area contributed by atoms with Crippen molar-refractivity contribution in [3.8, 4) is 0 Å². The second-order valence-electron chi connectivity index (χ2n) is 5.62. The van der Waals surface area contributed by atoms with E-state index >= 15 is 0 Å². The van der Waals surface area contributed by atoms with Crippen LogP contribution in [0.5, 0.6) is 0 Å². The van der Waals surface area contributed by atoms with E-state index in [9.17, 15) is 14.0 Å². The van der Waals surface area contributed by atoms with Crippen LogP contribution in [0.25, 0.3) is 0 Å². The first-order valence-corrected chi connectivity index (χ1v) is 6.58. The van der Waals surface area contributed by atoms with Crippen molar-refractivity contribution in [2.75, 3.05) is 13.1 Å². The zero-order valence-corrected chi connectivity index (χ0v) is 11.9. The van der Waals surface area contributed by atoms with Gasteiger partial charge < -0.3 is 14.7 Å². The number of hydrogen-bond acceptors (Lipinski definition) is 4. The van der Waals surface area contributed by atoms with Crippen molar-refractivity contribution in [1.82, 2.24) is 9.88 Å². The predicted octanol–water partition coefficient (Wildman–Crippen LogP) is 1.31.